The molecule has 2 aliphatic rings. The Bertz CT molecular complexity index is 915. The third-order valence-corrected chi connectivity index (χ3v) is 5.89. The second kappa shape index (κ2) is 9.89. The second-order valence-corrected chi connectivity index (χ2v) is 9.48. The summed E-state index contributed by atoms with van der Waals surface area (Å²) < 4.78 is 58.6. The van der Waals surface area contributed by atoms with Gasteiger partial charge in [-0.1, -0.05) is 0 Å². The van der Waals surface area contributed by atoms with Gasteiger partial charge in [-0.05, 0) is 56.9 Å². The summed E-state index contributed by atoms with van der Waals surface area (Å²) >= 11 is 0. The van der Waals surface area contributed by atoms with E-state index in [1.807, 2.05) is 17.0 Å². The first-order valence-corrected chi connectivity index (χ1v) is 11.0. The molecule has 190 valence electrons. The maximum absolute atomic E-state index is 12.6. The second-order valence-electron chi connectivity index (χ2n) is 9.48. The van der Waals surface area contributed by atoms with Crippen LogP contribution in [0.2, 0.25) is 0 Å². The zero-order chi connectivity index (χ0) is 25.3. The van der Waals surface area contributed by atoms with Crippen molar-refractivity contribution in [1.29, 1.82) is 0 Å². The van der Waals surface area contributed by atoms with Crippen molar-refractivity contribution in [3.8, 4) is 11.5 Å². The van der Waals surface area contributed by atoms with E-state index in [2.05, 4.69) is 10.1 Å². The molecule has 0 aliphatic carbocycles. The Morgan fingerprint density at radius 2 is 1.76 bits per heavy atom. The van der Waals surface area contributed by atoms with Gasteiger partial charge in [0.2, 0.25) is 0 Å². The molecule has 2 aliphatic heterocycles. The van der Waals surface area contributed by atoms with Crippen LogP contribution in [-0.4, -0.2) is 68.7 Å². The number of rotatable bonds is 5. The molecule has 0 aromatic heterocycles. The van der Waals surface area contributed by atoms with E-state index in [9.17, 15) is 22.8 Å². The molecule has 3 rings (SSSR count). The molecule has 0 saturated carbocycles. The topological polar surface area (TPSA) is 86.3 Å². The highest BCUT2D eigenvalue weighted by Gasteiger charge is 2.45. The van der Waals surface area contributed by atoms with Crippen LogP contribution in [0, 0.1) is 5.92 Å². The summed E-state index contributed by atoms with van der Waals surface area (Å²) in [4.78, 5) is 27.2. The van der Waals surface area contributed by atoms with Gasteiger partial charge in [0.05, 0.1) is 20.1 Å². The molecule has 34 heavy (non-hydrogen) atoms. The van der Waals surface area contributed by atoms with Crippen LogP contribution >= 0.6 is 0 Å². The minimum absolute atomic E-state index is 0.135. The molecule has 2 heterocycles. The summed E-state index contributed by atoms with van der Waals surface area (Å²) in [6.07, 6.45) is -4.43. The number of amides is 1. The number of carbonyl (C=O) groups is 2. The first kappa shape index (κ1) is 25.9. The van der Waals surface area contributed by atoms with E-state index in [1.165, 1.54) is 7.11 Å². The van der Waals surface area contributed by atoms with Crippen molar-refractivity contribution in [2.45, 2.75) is 57.5 Å². The van der Waals surface area contributed by atoms with Crippen LogP contribution < -0.4 is 14.8 Å². The number of hydrogen-bond donors (Lipinski definition) is 1. The van der Waals surface area contributed by atoms with E-state index in [1.54, 1.807) is 27.9 Å². The number of ether oxygens (including phenoxy) is 4. The molecule has 0 spiro atoms. The highest BCUT2D eigenvalue weighted by Crippen LogP contribution is 2.43. The summed E-state index contributed by atoms with van der Waals surface area (Å²) in [7, 11) is 3.09. The summed E-state index contributed by atoms with van der Waals surface area (Å²) in [5.74, 6) is -0.836. The van der Waals surface area contributed by atoms with Crippen LogP contribution in [0.25, 0.3) is 0 Å². The van der Waals surface area contributed by atoms with Gasteiger partial charge in [0.1, 0.15) is 5.60 Å². The Hall–Kier alpha value is -2.69. The van der Waals surface area contributed by atoms with Gasteiger partial charge in [0.15, 0.2) is 18.1 Å². The number of nitrogens with zero attached hydrogens (tertiary/aromatic N) is 1. The van der Waals surface area contributed by atoms with E-state index in [0.29, 0.717) is 24.5 Å². The minimum atomic E-state index is -4.64. The molecule has 1 N–H and O–H groups in total. The van der Waals surface area contributed by atoms with Gasteiger partial charge in [-0.3, -0.25) is 9.69 Å². The summed E-state index contributed by atoms with van der Waals surface area (Å²) in [6, 6.07) is 2.81. The predicted octanol–water partition coefficient (Wildman–Crippen LogP) is 3.62. The van der Waals surface area contributed by atoms with Crippen LogP contribution in [0.15, 0.2) is 12.1 Å². The van der Waals surface area contributed by atoms with E-state index in [-0.39, 0.29) is 19.0 Å². The van der Waals surface area contributed by atoms with Crippen molar-refractivity contribution in [2.75, 3.05) is 33.9 Å². The van der Waals surface area contributed by atoms with Crippen molar-refractivity contribution in [2.24, 2.45) is 5.92 Å². The SMILES string of the molecule is COc1cc2c(cc1OC)[C@@H]1C[C@H](NC(=O)OC(C)(C)C)[C@@H](C(=O)OCC(F)(F)F)CN1CC2. The van der Waals surface area contributed by atoms with Crippen LogP contribution in [0.4, 0.5) is 18.0 Å². The van der Waals surface area contributed by atoms with Gasteiger partial charge in [0.25, 0.3) is 0 Å². The highest BCUT2D eigenvalue weighted by atomic mass is 19.4. The fourth-order valence-corrected chi connectivity index (χ4v) is 4.48. The number of hydrogen-bond acceptors (Lipinski definition) is 7. The van der Waals surface area contributed by atoms with Crippen LogP contribution in [-0.2, 0) is 20.7 Å². The molecular formula is C23H31F3N2O6. The van der Waals surface area contributed by atoms with Crippen molar-refractivity contribution >= 4 is 12.1 Å². The third kappa shape index (κ3) is 6.25. The number of fused-ring (bicyclic) bond motifs is 3. The molecule has 8 nitrogen and oxygen atoms in total. The normalized spacial score (nSPS) is 22.8. The minimum Gasteiger partial charge on any atom is -0.493 e. The molecule has 0 unspecified atom stereocenters. The lowest BCUT2D eigenvalue weighted by Crippen LogP contribution is -2.56. The van der Waals surface area contributed by atoms with Crippen LogP contribution in [0.5, 0.6) is 11.5 Å². The van der Waals surface area contributed by atoms with Crippen molar-refractivity contribution in [1.82, 2.24) is 10.2 Å². The van der Waals surface area contributed by atoms with Crippen LogP contribution in [0.3, 0.4) is 0 Å². The van der Waals surface area contributed by atoms with Gasteiger partial charge in [-0.15, -0.1) is 0 Å². The summed E-state index contributed by atoms with van der Waals surface area (Å²) in [5, 5.41) is 2.69. The average molecular weight is 489 g/mol. The van der Waals surface area contributed by atoms with Gasteiger partial charge < -0.3 is 24.3 Å². The third-order valence-electron chi connectivity index (χ3n) is 5.89. The smallest absolute Gasteiger partial charge is 0.422 e. The van der Waals surface area contributed by atoms with Gasteiger partial charge in [-0.2, -0.15) is 13.2 Å². The quantitative estimate of drug-likeness (QED) is 0.634. The first-order chi connectivity index (χ1) is 15.8. The maximum atomic E-state index is 12.6. The predicted molar refractivity (Wildman–Crippen MR) is 116 cm³/mol. The van der Waals surface area contributed by atoms with Gasteiger partial charge in [-0.25, -0.2) is 4.79 Å². The molecule has 0 bridgehead atoms. The number of benzene rings is 1. The fourth-order valence-electron chi connectivity index (χ4n) is 4.48. The van der Waals surface area contributed by atoms with E-state index in [0.717, 1.165) is 11.1 Å². The van der Waals surface area contributed by atoms with Crippen LogP contribution in [0.1, 0.15) is 44.4 Å². The number of nitrogens with one attached hydrogen (secondary N) is 1. The lowest BCUT2D eigenvalue weighted by Gasteiger charge is -2.46. The summed E-state index contributed by atoms with van der Waals surface area (Å²) in [6.45, 7) is 4.14. The number of halogens is 3. The number of alkyl carbamates (subject to hydrolysis) is 1. The van der Waals surface area contributed by atoms with E-state index < -0.39 is 42.4 Å². The molecule has 1 aromatic rings. The standard InChI is InChI=1S/C23H31F3N2O6/c1-22(2,3)34-21(30)27-16-10-17-14-9-19(32-5)18(31-4)8-13(14)6-7-28(17)11-15(16)20(29)33-12-23(24,25)26/h8-9,15-17H,6-7,10-12H2,1-5H3,(H,27,30)/t15-,16-,17-/m0/s1. The Morgan fingerprint density at radius 3 is 2.35 bits per heavy atom. The Kier molecular flexibility index (Phi) is 7.54. The number of methoxy groups -OCH3 is 2. The molecule has 11 heteroatoms. The number of esters is 1. The first-order valence-electron chi connectivity index (χ1n) is 11.0. The maximum Gasteiger partial charge on any atom is 0.422 e. The van der Waals surface area contributed by atoms with E-state index in [4.69, 9.17) is 14.2 Å². The monoisotopic (exact) mass is 488 g/mol. The van der Waals surface area contributed by atoms with Crippen molar-refractivity contribution in [3.63, 3.8) is 0 Å². The number of alkyl halides is 3. The zero-order valence-corrected chi connectivity index (χ0v) is 20.0. The number of piperidine rings is 1. The van der Waals surface area contributed by atoms with Crippen molar-refractivity contribution in [3.05, 3.63) is 23.3 Å². The van der Waals surface area contributed by atoms with Gasteiger partial charge >= 0.3 is 18.2 Å². The van der Waals surface area contributed by atoms with Gasteiger partial charge in [0, 0.05) is 25.2 Å². The fraction of sp³-hybridized carbons (Fsp3) is 0.652. The lowest BCUT2D eigenvalue weighted by atomic mass is 9.80. The Morgan fingerprint density at radius 1 is 1.12 bits per heavy atom. The molecule has 0 radical (unpaired) electrons. The largest absolute Gasteiger partial charge is 0.493 e. The molecule has 3 atom stereocenters. The lowest BCUT2D eigenvalue weighted by molar-refractivity contribution is -0.191. The Balaban J connectivity index is 1.88. The number of carbonyl (C=O) groups excluding carboxylic acids is 2. The van der Waals surface area contributed by atoms with Crippen molar-refractivity contribution < 1.29 is 41.7 Å². The molecular weight excluding hydrogens is 457 g/mol. The highest BCUT2D eigenvalue weighted by molar-refractivity contribution is 5.76. The Labute approximate surface area is 196 Å². The zero-order valence-electron chi connectivity index (χ0n) is 20.0. The summed E-state index contributed by atoms with van der Waals surface area (Å²) in [5.41, 5.74) is 1.23. The molecule has 1 saturated heterocycles. The molecule has 1 amide bonds. The average Bonchev–Trinajstić information content (AvgIpc) is 2.74. The molecule has 1 fully saturated rings. The van der Waals surface area contributed by atoms with E-state index >= 15 is 0 Å². The molecule has 1 aromatic carbocycles.